The molecule has 21 heavy (non-hydrogen) atoms. The maximum absolute atomic E-state index is 10.9. The predicted octanol–water partition coefficient (Wildman–Crippen LogP) is 5.41. The minimum absolute atomic E-state index is 0.384. The molecule has 0 heterocycles. The van der Waals surface area contributed by atoms with Crippen molar-refractivity contribution in [2.75, 3.05) is 0 Å². The molecule has 0 atom stereocenters. The summed E-state index contributed by atoms with van der Waals surface area (Å²) in [7, 11) is 0. The number of carbonyl (C=O) groups is 1. The molecule has 0 aromatic heterocycles. The van der Waals surface area contributed by atoms with Crippen LogP contribution in [-0.4, -0.2) is 11.1 Å². The number of allylic oxidation sites excluding steroid dienone is 1. The molecule has 0 spiro atoms. The van der Waals surface area contributed by atoms with E-state index in [0.717, 1.165) is 12.3 Å². The van der Waals surface area contributed by atoms with Crippen LogP contribution >= 0.6 is 0 Å². The molecule has 1 aromatic rings. The van der Waals surface area contributed by atoms with Crippen molar-refractivity contribution in [1.29, 1.82) is 0 Å². The predicted molar refractivity (Wildman–Crippen MR) is 86.8 cm³/mol. The molecular weight excluding hydrogens is 260 g/mol. The number of benzene rings is 1. The molecule has 0 radical (unpaired) electrons. The molecule has 1 fully saturated rings. The van der Waals surface area contributed by atoms with Crippen molar-refractivity contribution in [3.05, 3.63) is 48.0 Å². The lowest BCUT2D eigenvalue weighted by atomic mass is 9.77. The summed E-state index contributed by atoms with van der Waals surface area (Å²) in [5.74, 6) is 0.673. The van der Waals surface area contributed by atoms with Crippen molar-refractivity contribution in [1.82, 2.24) is 0 Å². The topological polar surface area (TPSA) is 37.3 Å². The highest BCUT2D eigenvalue weighted by Gasteiger charge is 2.22. The smallest absolute Gasteiger partial charge is 0.335 e. The maximum atomic E-state index is 10.9. The first kappa shape index (κ1) is 15.8. The molecule has 0 aliphatic heterocycles. The number of aromatic carboxylic acids is 1. The summed E-state index contributed by atoms with van der Waals surface area (Å²) in [5, 5.41) is 8.94. The Morgan fingerprint density at radius 3 is 2.38 bits per heavy atom. The van der Waals surface area contributed by atoms with Crippen LogP contribution in [-0.2, 0) is 0 Å². The van der Waals surface area contributed by atoms with Crippen LogP contribution in [0.15, 0.2) is 36.9 Å². The van der Waals surface area contributed by atoms with Gasteiger partial charge < -0.3 is 5.11 Å². The summed E-state index contributed by atoms with van der Waals surface area (Å²) in [5.41, 5.74) is 1.69. The van der Waals surface area contributed by atoms with Gasteiger partial charge in [0, 0.05) is 0 Å². The van der Waals surface area contributed by atoms with Gasteiger partial charge in [-0.2, -0.15) is 0 Å². The summed E-state index contributed by atoms with van der Waals surface area (Å²) in [6.07, 6.45) is 12.3. The maximum Gasteiger partial charge on any atom is 0.335 e. The van der Waals surface area contributed by atoms with Crippen molar-refractivity contribution in [3.8, 4) is 0 Å². The van der Waals surface area contributed by atoms with Crippen LogP contribution in [0, 0.1) is 5.92 Å². The van der Waals surface area contributed by atoms with E-state index < -0.39 is 5.97 Å². The number of carboxylic acids is 1. The van der Waals surface area contributed by atoms with Gasteiger partial charge in [-0.25, -0.2) is 4.79 Å². The van der Waals surface area contributed by atoms with Crippen LogP contribution in [0.5, 0.6) is 0 Å². The standard InChI is InChI=1S/C19H26O2/c1-2-3-4-5-6-15-7-9-16(10-8-15)17-11-13-18(14-12-17)19(20)21/h2,11-16H,1,3-10H2,(H,20,21)/t15-,16-. The van der Waals surface area contributed by atoms with E-state index in [-0.39, 0.29) is 0 Å². The molecule has 0 bridgehead atoms. The van der Waals surface area contributed by atoms with E-state index in [0.29, 0.717) is 11.5 Å². The average Bonchev–Trinajstić information content (AvgIpc) is 2.52. The second-order valence-corrected chi connectivity index (χ2v) is 6.22. The average molecular weight is 286 g/mol. The van der Waals surface area contributed by atoms with Gasteiger partial charge in [0.1, 0.15) is 0 Å². The summed E-state index contributed by atoms with van der Waals surface area (Å²) in [4.78, 5) is 10.9. The zero-order chi connectivity index (χ0) is 15.1. The minimum atomic E-state index is -0.843. The van der Waals surface area contributed by atoms with E-state index in [1.54, 1.807) is 12.1 Å². The molecular formula is C19H26O2. The van der Waals surface area contributed by atoms with Crippen molar-refractivity contribution in [3.63, 3.8) is 0 Å². The molecule has 2 heteroatoms. The third kappa shape index (κ3) is 4.73. The number of rotatable bonds is 7. The van der Waals surface area contributed by atoms with E-state index in [4.69, 9.17) is 5.11 Å². The normalized spacial score (nSPS) is 21.9. The fourth-order valence-corrected chi connectivity index (χ4v) is 3.40. The summed E-state index contributed by atoms with van der Waals surface area (Å²) in [6, 6.07) is 7.47. The van der Waals surface area contributed by atoms with Gasteiger partial charge in [-0.15, -0.1) is 6.58 Å². The molecule has 2 nitrogen and oxygen atoms in total. The highest BCUT2D eigenvalue weighted by atomic mass is 16.4. The van der Waals surface area contributed by atoms with Gasteiger partial charge >= 0.3 is 5.97 Å². The summed E-state index contributed by atoms with van der Waals surface area (Å²) in [6.45, 7) is 3.77. The summed E-state index contributed by atoms with van der Waals surface area (Å²) >= 11 is 0. The van der Waals surface area contributed by atoms with Crippen molar-refractivity contribution < 1.29 is 9.90 Å². The Balaban J connectivity index is 1.78. The van der Waals surface area contributed by atoms with Gasteiger partial charge in [0.25, 0.3) is 0 Å². The first-order chi connectivity index (χ1) is 10.2. The van der Waals surface area contributed by atoms with Crippen LogP contribution in [0.3, 0.4) is 0 Å². The summed E-state index contributed by atoms with van der Waals surface area (Å²) < 4.78 is 0. The van der Waals surface area contributed by atoms with Crippen molar-refractivity contribution >= 4 is 5.97 Å². The second-order valence-electron chi connectivity index (χ2n) is 6.22. The lowest BCUT2D eigenvalue weighted by Gasteiger charge is -2.29. The Kier molecular flexibility index (Phi) is 6.04. The molecule has 0 unspecified atom stereocenters. The largest absolute Gasteiger partial charge is 0.478 e. The van der Waals surface area contributed by atoms with E-state index >= 15 is 0 Å². The Morgan fingerprint density at radius 1 is 1.14 bits per heavy atom. The van der Waals surface area contributed by atoms with Crippen molar-refractivity contribution in [2.24, 2.45) is 5.92 Å². The van der Waals surface area contributed by atoms with Gasteiger partial charge in [-0.3, -0.25) is 0 Å². The molecule has 2 rings (SSSR count). The van der Waals surface area contributed by atoms with Gasteiger partial charge in [0.15, 0.2) is 0 Å². The lowest BCUT2D eigenvalue weighted by molar-refractivity contribution is 0.0697. The zero-order valence-electron chi connectivity index (χ0n) is 12.8. The molecule has 0 saturated heterocycles. The molecule has 114 valence electrons. The fraction of sp³-hybridized carbons (Fsp3) is 0.526. The monoisotopic (exact) mass is 286 g/mol. The molecule has 1 N–H and O–H groups in total. The van der Waals surface area contributed by atoms with Gasteiger partial charge in [-0.05, 0) is 68.1 Å². The second kappa shape index (κ2) is 8.02. The van der Waals surface area contributed by atoms with E-state index in [1.165, 1.54) is 50.5 Å². The number of hydrogen-bond donors (Lipinski definition) is 1. The van der Waals surface area contributed by atoms with E-state index in [9.17, 15) is 4.79 Å². The molecule has 1 aromatic carbocycles. The minimum Gasteiger partial charge on any atom is -0.478 e. The van der Waals surface area contributed by atoms with Gasteiger partial charge in [-0.1, -0.05) is 31.1 Å². The van der Waals surface area contributed by atoms with Crippen LogP contribution in [0.4, 0.5) is 0 Å². The Labute approximate surface area is 127 Å². The van der Waals surface area contributed by atoms with Crippen LogP contribution in [0.25, 0.3) is 0 Å². The highest BCUT2D eigenvalue weighted by Crippen LogP contribution is 2.37. The Hall–Kier alpha value is -1.57. The van der Waals surface area contributed by atoms with Gasteiger partial charge in [0.2, 0.25) is 0 Å². The third-order valence-corrected chi connectivity index (χ3v) is 4.75. The Morgan fingerprint density at radius 2 is 1.81 bits per heavy atom. The zero-order valence-corrected chi connectivity index (χ0v) is 12.8. The quantitative estimate of drug-likeness (QED) is 0.538. The van der Waals surface area contributed by atoms with Crippen LogP contribution in [0.1, 0.15) is 73.2 Å². The van der Waals surface area contributed by atoms with Crippen molar-refractivity contribution in [2.45, 2.75) is 57.3 Å². The van der Waals surface area contributed by atoms with Gasteiger partial charge in [0.05, 0.1) is 5.56 Å². The van der Waals surface area contributed by atoms with E-state index in [1.807, 2.05) is 18.2 Å². The number of unbranched alkanes of at least 4 members (excludes halogenated alkanes) is 2. The number of carboxylic acid groups (broad SMARTS) is 1. The molecule has 1 aliphatic carbocycles. The Bertz CT molecular complexity index is 453. The number of hydrogen-bond acceptors (Lipinski definition) is 1. The molecule has 0 amide bonds. The highest BCUT2D eigenvalue weighted by molar-refractivity contribution is 5.87. The first-order valence-electron chi connectivity index (χ1n) is 8.15. The molecule has 1 saturated carbocycles. The fourth-order valence-electron chi connectivity index (χ4n) is 3.40. The molecule has 1 aliphatic rings. The van der Waals surface area contributed by atoms with E-state index in [2.05, 4.69) is 6.58 Å². The van der Waals surface area contributed by atoms with Crippen LogP contribution in [0.2, 0.25) is 0 Å². The lowest BCUT2D eigenvalue weighted by Crippen LogP contribution is -2.13. The third-order valence-electron chi connectivity index (χ3n) is 4.75. The first-order valence-corrected chi connectivity index (χ1v) is 8.15. The van der Waals surface area contributed by atoms with Crippen LogP contribution < -0.4 is 0 Å². The SMILES string of the molecule is C=CCCCC[C@H]1CC[C@H](c2ccc(C(=O)O)cc2)CC1.